The highest BCUT2D eigenvalue weighted by atomic mass is 32.2. The molecule has 0 aliphatic carbocycles. The Bertz CT molecular complexity index is 975. The van der Waals surface area contributed by atoms with Crippen LogP contribution in [0.5, 0.6) is 5.75 Å². The largest absolute Gasteiger partial charge is 0.371 e. The number of nitrogens with zero attached hydrogens (tertiary/aromatic N) is 2. The van der Waals surface area contributed by atoms with Crippen LogP contribution in [0.3, 0.4) is 0 Å². The molecule has 1 amide bonds. The first kappa shape index (κ1) is 17.2. The molecule has 2 aromatic rings. The highest BCUT2D eigenvalue weighted by Gasteiger charge is 2.19. The minimum Gasteiger partial charge on any atom is -0.371 e. The number of pyridine rings is 1. The van der Waals surface area contributed by atoms with Gasteiger partial charge in [0.1, 0.15) is 4.90 Å². The third-order valence-corrected chi connectivity index (χ3v) is 3.92. The van der Waals surface area contributed by atoms with E-state index in [-0.39, 0.29) is 16.2 Å². The third kappa shape index (κ3) is 3.98. The van der Waals surface area contributed by atoms with Crippen LogP contribution in [0.2, 0.25) is 0 Å². The van der Waals surface area contributed by atoms with Crippen LogP contribution in [0, 0.1) is 0 Å². The van der Waals surface area contributed by atoms with Gasteiger partial charge in [-0.25, -0.2) is 8.42 Å². The number of amides is 1. The van der Waals surface area contributed by atoms with E-state index in [1.54, 1.807) is 0 Å². The molecule has 1 aromatic heterocycles. The fourth-order valence-corrected chi connectivity index (χ4v) is 2.59. The summed E-state index contributed by atoms with van der Waals surface area (Å²) in [5.41, 5.74) is 9.73. The molecule has 0 saturated heterocycles. The number of sulfone groups is 1. The van der Waals surface area contributed by atoms with E-state index in [2.05, 4.69) is 4.99 Å². The van der Waals surface area contributed by atoms with Crippen molar-refractivity contribution in [1.29, 1.82) is 0 Å². The highest BCUT2D eigenvalue weighted by Crippen LogP contribution is 2.25. The van der Waals surface area contributed by atoms with Crippen molar-refractivity contribution in [1.82, 2.24) is 4.73 Å². The molecule has 0 aliphatic heterocycles. The molecule has 0 radical (unpaired) electrons. The lowest BCUT2D eigenvalue weighted by molar-refractivity contribution is 0.100. The fraction of sp³-hybridized carbons (Fsp3) is 0.0714. The van der Waals surface area contributed by atoms with E-state index in [1.807, 2.05) is 0 Å². The quantitative estimate of drug-likeness (QED) is 0.558. The molecule has 0 bridgehead atoms. The summed E-state index contributed by atoms with van der Waals surface area (Å²) in [5, 5.41) is 0. The van der Waals surface area contributed by atoms with Crippen LogP contribution in [-0.2, 0) is 9.84 Å². The van der Waals surface area contributed by atoms with Gasteiger partial charge in [0, 0.05) is 24.1 Å². The molecule has 0 aliphatic rings. The van der Waals surface area contributed by atoms with Crippen molar-refractivity contribution in [2.45, 2.75) is 4.90 Å². The fourth-order valence-electron chi connectivity index (χ4n) is 1.78. The molecule has 10 heteroatoms. The Morgan fingerprint density at radius 2 is 1.92 bits per heavy atom. The monoisotopic (exact) mass is 350 g/mol. The number of benzene rings is 1. The van der Waals surface area contributed by atoms with Crippen LogP contribution in [-0.4, -0.2) is 31.3 Å². The Kier molecular flexibility index (Phi) is 4.69. The van der Waals surface area contributed by atoms with Crippen molar-refractivity contribution in [3.05, 3.63) is 58.5 Å². The number of carbonyl (C=O) groups excluding carboxylic acids is 1. The molecule has 1 heterocycles. The van der Waals surface area contributed by atoms with Crippen molar-refractivity contribution in [3.8, 4) is 5.75 Å². The molecule has 0 unspecified atom stereocenters. The predicted octanol–water partition coefficient (Wildman–Crippen LogP) is -0.492. The summed E-state index contributed by atoms with van der Waals surface area (Å²) in [6, 6.07) is 7.90. The van der Waals surface area contributed by atoms with Gasteiger partial charge in [0.15, 0.2) is 21.5 Å². The molecule has 4 N–H and O–H groups in total. The molecule has 0 fully saturated rings. The van der Waals surface area contributed by atoms with Gasteiger partial charge in [0.25, 0.3) is 11.5 Å². The first-order valence-electron chi connectivity index (χ1n) is 6.52. The number of rotatable bonds is 4. The lowest BCUT2D eigenvalue weighted by Gasteiger charge is -2.11. The first-order valence-corrected chi connectivity index (χ1v) is 8.42. The number of nitrogens with two attached hydrogens (primary N) is 2. The Balaban J connectivity index is 2.53. The van der Waals surface area contributed by atoms with Gasteiger partial charge >= 0.3 is 0 Å². The normalized spacial score (nSPS) is 10.9. The molecule has 0 spiro atoms. The second kappa shape index (κ2) is 6.54. The van der Waals surface area contributed by atoms with Gasteiger partial charge in [0.2, 0.25) is 0 Å². The molecule has 126 valence electrons. The molecule has 0 saturated carbocycles. The van der Waals surface area contributed by atoms with Gasteiger partial charge in [-0.1, -0.05) is 6.07 Å². The van der Waals surface area contributed by atoms with Gasteiger partial charge < -0.3 is 16.3 Å². The van der Waals surface area contributed by atoms with Gasteiger partial charge in [-0.05, 0) is 24.3 Å². The van der Waals surface area contributed by atoms with Crippen molar-refractivity contribution < 1.29 is 18.0 Å². The molecule has 1 aromatic carbocycles. The van der Waals surface area contributed by atoms with E-state index < -0.39 is 27.3 Å². The van der Waals surface area contributed by atoms with Crippen molar-refractivity contribution in [2.75, 3.05) is 6.26 Å². The van der Waals surface area contributed by atoms with Crippen LogP contribution in [0.1, 0.15) is 10.4 Å². The summed E-state index contributed by atoms with van der Waals surface area (Å²) in [5.74, 6) is -1.37. The average molecular weight is 350 g/mol. The summed E-state index contributed by atoms with van der Waals surface area (Å²) in [6.07, 6.45) is 2.27. The number of hydrogen-bond acceptors (Lipinski definition) is 5. The molecular weight excluding hydrogens is 336 g/mol. The lowest BCUT2D eigenvalue weighted by atomic mass is 10.2. The van der Waals surface area contributed by atoms with E-state index in [0.29, 0.717) is 0 Å². The zero-order chi connectivity index (χ0) is 17.9. The van der Waals surface area contributed by atoms with E-state index in [0.717, 1.165) is 17.1 Å². The van der Waals surface area contributed by atoms with Gasteiger partial charge in [-0.15, -0.1) is 4.73 Å². The number of carbonyl (C=O) groups is 1. The molecule has 0 atom stereocenters. The average Bonchev–Trinajstić information content (AvgIpc) is 2.48. The topological polar surface area (TPSA) is 147 Å². The van der Waals surface area contributed by atoms with E-state index in [1.165, 1.54) is 36.5 Å². The smallest absolute Gasteiger partial charge is 0.283 e. The van der Waals surface area contributed by atoms with Crippen molar-refractivity contribution in [2.24, 2.45) is 16.5 Å². The summed E-state index contributed by atoms with van der Waals surface area (Å²) in [7, 11) is -3.75. The second-order valence-electron chi connectivity index (χ2n) is 4.73. The van der Waals surface area contributed by atoms with Gasteiger partial charge in [-0.2, -0.15) is 4.99 Å². The lowest BCUT2D eigenvalue weighted by Crippen LogP contribution is -2.24. The van der Waals surface area contributed by atoms with Crippen LogP contribution >= 0.6 is 0 Å². The number of aliphatic imine (C=N–C) groups is 1. The minimum absolute atomic E-state index is 0.0448. The Hall–Kier alpha value is -3.14. The zero-order valence-electron chi connectivity index (χ0n) is 12.5. The molecular formula is C14H14N4O5S. The van der Waals surface area contributed by atoms with Crippen molar-refractivity contribution >= 4 is 21.7 Å². The Labute approximate surface area is 137 Å². The molecule has 2 rings (SSSR count). The van der Waals surface area contributed by atoms with Gasteiger partial charge in [0.05, 0.1) is 0 Å². The van der Waals surface area contributed by atoms with Gasteiger partial charge in [-0.3, -0.25) is 9.59 Å². The molecule has 24 heavy (non-hydrogen) atoms. The predicted molar refractivity (Wildman–Crippen MR) is 86.4 cm³/mol. The summed E-state index contributed by atoms with van der Waals surface area (Å²) >= 11 is 0. The number of aromatic nitrogens is 1. The highest BCUT2D eigenvalue weighted by molar-refractivity contribution is 7.90. The Morgan fingerprint density at radius 1 is 1.21 bits per heavy atom. The minimum atomic E-state index is -3.75. The second-order valence-corrected chi connectivity index (χ2v) is 6.72. The van der Waals surface area contributed by atoms with Crippen LogP contribution in [0.25, 0.3) is 0 Å². The van der Waals surface area contributed by atoms with E-state index in [9.17, 15) is 18.0 Å². The summed E-state index contributed by atoms with van der Waals surface area (Å²) < 4.78 is 24.8. The van der Waals surface area contributed by atoms with Crippen molar-refractivity contribution in [3.63, 3.8) is 0 Å². The maximum atomic E-state index is 12.0. The maximum absolute atomic E-state index is 12.0. The SMILES string of the molecule is CS(=O)(=O)c1cc(C(=O)N=C(N)N)ccc1On1ccccc1=O. The van der Waals surface area contributed by atoms with Crippen LogP contribution in [0.15, 0.2) is 57.3 Å². The standard InChI is InChI=1S/C14H14N4O5S/c1-24(21,22)11-8-9(13(20)17-14(15)16)5-6-10(11)23-18-7-3-2-4-12(18)19/h2-8H,1H3,(H4,15,16,17,20). The van der Waals surface area contributed by atoms with Crippen LogP contribution in [0.4, 0.5) is 0 Å². The number of hydrogen-bond donors (Lipinski definition) is 2. The summed E-state index contributed by atoms with van der Waals surface area (Å²) in [6.45, 7) is 0. The zero-order valence-corrected chi connectivity index (χ0v) is 13.4. The molecule has 9 nitrogen and oxygen atoms in total. The number of guanidine groups is 1. The first-order chi connectivity index (χ1) is 11.2. The third-order valence-electron chi connectivity index (χ3n) is 2.81. The van der Waals surface area contributed by atoms with Crippen LogP contribution < -0.4 is 21.9 Å². The Morgan fingerprint density at radius 3 is 2.50 bits per heavy atom. The van der Waals surface area contributed by atoms with E-state index in [4.69, 9.17) is 16.3 Å². The van der Waals surface area contributed by atoms with E-state index >= 15 is 0 Å². The maximum Gasteiger partial charge on any atom is 0.283 e. The summed E-state index contributed by atoms with van der Waals surface area (Å²) in [4.78, 5) is 31.9.